The zero-order chi connectivity index (χ0) is 13.7. The monoisotopic (exact) mass is 272 g/mol. The molecule has 2 N–H and O–H groups in total. The summed E-state index contributed by atoms with van der Waals surface area (Å²) in [7, 11) is 0. The number of carboxylic acids is 1. The van der Waals surface area contributed by atoms with Gasteiger partial charge in [0.2, 0.25) is 5.91 Å². The SMILES string of the molecule is O=C(O)CC1CN(C(=O)CC2COCCN2)CCO1. The zero-order valence-corrected chi connectivity index (χ0v) is 10.8. The molecule has 0 radical (unpaired) electrons. The summed E-state index contributed by atoms with van der Waals surface area (Å²) in [6.07, 6.45) is -0.0697. The molecule has 0 spiro atoms. The minimum Gasteiger partial charge on any atom is -0.481 e. The van der Waals surface area contributed by atoms with Gasteiger partial charge in [0.25, 0.3) is 0 Å². The van der Waals surface area contributed by atoms with E-state index < -0.39 is 12.1 Å². The van der Waals surface area contributed by atoms with Gasteiger partial charge < -0.3 is 24.8 Å². The molecule has 0 aromatic heterocycles. The fourth-order valence-electron chi connectivity index (χ4n) is 2.35. The number of nitrogens with zero attached hydrogens (tertiary/aromatic N) is 1. The molecule has 7 nitrogen and oxygen atoms in total. The Morgan fingerprint density at radius 1 is 1.32 bits per heavy atom. The van der Waals surface area contributed by atoms with Crippen LogP contribution >= 0.6 is 0 Å². The van der Waals surface area contributed by atoms with Gasteiger partial charge in [-0.3, -0.25) is 9.59 Å². The molecule has 2 atom stereocenters. The van der Waals surface area contributed by atoms with E-state index in [-0.39, 0.29) is 18.4 Å². The highest BCUT2D eigenvalue weighted by Gasteiger charge is 2.27. The fourth-order valence-corrected chi connectivity index (χ4v) is 2.35. The highest BCUT2D eigenvalue weighted by molar-refractivity contribution is 5.77. The van der Waals surface area contributed by atoms with Crippen molar-refractivity contribution in [3.63, 3.8) is 0 Å². The summed E-state index contributed by atoms with van der Waals surface area (Å²) in [5.41, 5.74) is 0. The van der Waals surface area contributed by atoms with Gasteiger partial charge in [-0.15, -0.1) is 0 Å². The largest absolute Gasteiger partial charge is 0.481 e. The Hall–Kier alpha value is -1.18. The highest BCUT2D eigenvalue weighted by Crippen LogP contribution is 2.11. The standard InChI is InChI=1S/C12H20N2O5/c15-11(5-9-8-18-3-1-13-9)14-2-4-19-10(7-14)6-12(16)17/h9-10,13H,1-8H2,(H,16,17). The number of carboxylic acid groups (broad SMARTS) is 1. The van der Waals surface area contributed by atoms with Gasteiger partial charge in [-0.1, -0.05) is 0 Å². The van der Waals surface area contributed by atoms with E-state index in [9.17, 15) is 9.59 Å². The number of nitrogens with one attached hydrogen (secondary N) is 1. The predicted molar refractivity (Wildman–Crippen MR) is 65.8 cm³/mol. The Balaban J connectivity index is 1.79. The number of hydrogen-bond acceptors (Lipinski definition) is 5. The summed E-state index contributed by atoms with van der Waals surface area (Å²) in [6.45, 7) is 3.29. The Bertz CT molecular complexity index is 330. The van der Waals surface area contributed by atoms with Crippen molar-refractivity contribution in [2.45, 2.75) is 25.0 Å². The summed E-state index contributed by atoms with van der Waals surface area (Å²) in [5.74, 6) is -0.872. The average molecular weight is 272 g/mol. The summed E-state index contributed by atoms with van der Waals surface area (Å²) in [4.78, 5) is 24.5. The van der Waals surface area contributed by atoms with Crippen LogP contribution in [0.1, 0.15) is 12.8 Å². The Morgan fingerprint density at radius 2 is 2.16 bits per heavy atom. The van der Waals surface area contributed by atoms with Gasteiger partial charge in [0.15, 0.2) is 0 Å². The van der Waals surface area contributed by atoms with Crippen molar-refractivity contribution < 1.29 is 24.2 Å². The van der Waals surface area contributed by atoms with Crippen LogP contribution in [0.15, 0.2) is 0 Å². The molecule has 2 unspecified atom stereocenters. The third-order valence-corrected chi connectivity index (χ3v) is 3.31. The molecule has 19 heavy (non-hydrogen) atoms. The van der Waals surface area contributed by atoms with Gasteiger partial charge >= 0.3 is 5.97 Å². The van der Waals surface area contributed by atoms with E-state index in [2.05, 4.69) is 5.32 Å². The second kappa shape index (κ2) is 6.83. The van der Waals surface area contributed by atoms with Crippen molar-refractivity contribution in [3.8, 4) is 0 Å². The van der Waals surface area contributed by atoms with Gasteiger partial charge in [0, 0.05) is 32.1 Å². The summed E-state index contributed by atoms with van der Waals surface area (Å²) in [5, 5.41) is 12.0. The molecule has 2 saturated heterocycles. The second-order valence-electron chi connectivity index (χ2n) is 4.86. The molecule has 2 aliphatic heterocycles. The number of rotatable bonds is 4. The molecule has 108 valence electrons. The summed E-state index contributed by atoms with van der Waals surface area (Å²) < 4.78 is 10.7. The highest BCUT2D eigenvalue weighted by atomic mass is 16.5. The van der Waals surface area contributed by atoms with Crippen LogP contribution in [-0.2, 0) is 19.1 Å². The van der Waals surface area contributed by atoms with Crippen LogP contribution in [0.2, 0.25) is 0 Å². The first-order chi connectivity index (χ1) is 9.15. The number of carbonyl (C=O) groups is 2. The minimum atomic E-state index is -0.901. The number of ether oxygens (including phenoxy) is 2. The molecule has 2 heterocycles. The lowest BCUT2D eigenvalue weighted by molar-refractivity contribution is -0.148. The topological polar surface area (TPSA) is 88.1 Å². The van der Waals surface area contributed by atoms with Crippen LogP contribution in [-0.4, -0.2) is 73.5 Å². The minimum absolute atomic E-state index is 0.0293. The predicted octanol–water partition coefficient (Wildman–Crippen LogP) is -0.933. The molecule has 2 fully saturated rings. The van der Waals surface area contributed by atoms with E-state index in [0.29, 0.717) is 39.3 Å². The van der Waals surface area contributed by atoms with Crippen LogP contribution in [0.3, 0.4) is 0 Å². The summed E-state index contributed by atoms with van der Waals surface area (Å²) in [6, 6.07) is 0.0574. The number of amides is 1. The van der Waals surface area contributed by atoms with E-state index in [1.54, 1.807) is 4.90 Å². The molecule has 0 aromatic carbocycles. The molecule has 1 amide bonds. The quantitative estimate of drug-likeness (QED) is 0.687. The van der Waals surface area contributed by atoms with Crippen LogP contribution in [0.5, 0.6) is 0 Å². The van der Waals surface area contributed by atoms with E-state index >= 15 is 0 Å². The van der Waals surface area contributed by atoms with Gasteiger partial charge in [-0.05, 0) is 0 Å². The maximum atomic E-state index is 12.1. The maximum Gasteiger partial charge on any atom is 0.306 e. The van der Waals surface area contributed by atoms with Crippen LogP contribution < -0.4 is 5.32 Å². The molecule has 0 aliphatic carbocycles. The average Bonchev–Trinajstić information content (AvgIpc) is 2.39. The summed E-state index contributed by atoms with van der Waals surface area (Å²) >= 11 is 0. The third kappa shape index (κ3) is 4.45. The van der Waals surface area contributed by atoms with E-state index in [1.165, 1.54) is 0 Å². The first kappa shape index (κ1) is 14.2. The van der Waals surface area contributed by atoms with Crippen LogP contribution in [0, 0.1) is 0 Å². The van der Waals surface area contributed by atoms with Crippen molar-refractivity contribution in [1.29, 1.82) is 0 Å². The molecular formula is C12H20N2O5. The second-order valence-corrected chi connectivity index (χ2v) is 4.86. The zero-order valence-electron chi connectivity index (χ0n) is 10.8. The number of hydrogen-bond donors (Lipinski definition) is 2. The van der Waals surface area contributed by atoms with Crippen molar-refractivity contribution in [2.24, 2.45) is 0 Å². The van der Waals surface area contributed by atoms with Gasteiger partial charge in [0.1, 0.15) is 0 Å². The molecule has 0 aromatic rings. The molecule has 7 heteroatoms. The van der Waals surface area contributed by atoms with Crippen molar-refractivity contribution in [1.82, 2.24) is 10.2 Å². The molecule has 0 bridgehead atoms. The smallest absolute Gasteiger partial charge is 0.306 e. The van der Waals surface area contributed by atoms with Crippen LogP contribution in [0.4, 0.5) is 0 Å². The van der Waals surface area contributed by atoms with E-state index in [4.69, 9.17) is 14.6 Å². The Morgan fingerprint density at radius 3 is 2.84 bits per heavy atom. The van der Waals surface area contributed by atoms with Gasteiger partial charge in [-0.25, -0.2) is 0 Å². The van der Waals surface area contributed by atoms with E-state index in [1.807, 2.05) is 0 Å². The van der Waals surface area contributed by atoms with Crippen molar-refractivity contribution in [3.05, 3.63) is 0 Å². The number of carbonyl (C=O) groups excluding carboxylic acids is 1. The first-order valence-corrected chi connectivity index (χ1v) is 6.57. The number of morpholine rings is 2. The first-order valence-electron chi connectivity index (χ1n) is 6.57. The molecule has 2 rings (SSSR count). The Kier molecular flexibility index (Phi) is 5.12. The maximum absolute atomic E-state index is 12.1. The molecule has 0 saturated carbocycles. The lowest BCUT2D eigenvalue weighted by Gasteiger charge is -2.33. The van der Waals surface area contributed by atoms with Gasteiger partial charge in [0.05, 0.1) is 32.3 Å². The van der Waals surface area contributed by atoms with Gasteiger partial charge in [-0.2, -0.15) is 0 Å². The van der Waals surface area contributed by atoms with Crippen LogP contribution in [0.25, 0.3) is 0 Å². The lowest BCUT2D eigenvalue weighted by Crippen LogP contribution is -2.49. The third-order valence-electron chi connectivity index (χ3n) is 3.31. The van der Waals surface area contributed by atoms with Crippen molar-refractivity contribution in [2.75, 3.05) is 39.5 Å². The molecular weight excluding hydrogens is 252 g/mol. The molecule has 2 aliphatic rings. The lowest BCUT2D eigenvalue weighted by atomic mass is 10.1. The fraction of sp³-hybridized carbons (Fsp3) is 0.833. The van der Waals surface area contributed by atoms with Crippen molar-refractivity contribution >= 4 is 11.9 Å². The number of aliphatic carboxylic acids is 1. The Labute approximate surface area is 111 Å². The van der Waals surface area contributed by atoms with E-state index in [0.717, 1.165) is 6.54 Å². The normalized spacial score (nSPS) is 28.1.